The maximum atomic E-state index is 12.7. The Kier molecular flexibility index (Phi) is 3.80. The van der Waals surface area contributed by atoms with Crippen LogP contribution in [0, 0.1) is 6.92 Å². The maximum Gasteiger partial charge on any atom is 0.254 e. The van der Waals surface area contributed by atoms with Crippen LogP contribution in [0.2, 0.25) is 5.02 Å². The van der Waals surface area contributed by atoms with E-state index in [0.717, 1.165) is 5.56 Å². The van der Waals surface area contributed by atoms with Crippen molar-refractivity contribution < 1.29 is 8.42 Å². The first-order chi connectivity index (χ1) is 10.4. The molecule has 1 aromatic heterocycles. The van der Waals surface area contributed by atoms with Gasteiger partial charge in [0.1, 0.15) is 0 Å². The molecule has 22 heavy (non-hydrogen) atoms. The van der Waals surface area contributed by atoms with Crippen molar-refractivity contribution in [2.24, 2.45) is 0 Å². The Balaban J connectivity index is 1.97. The molecule has 2 heterocycles. The first-order valence-electron chi connectivity index (χ1n) is 6.71. The summed E-state index contributed by atoms with van der Waals surface area (Å²) in [5, 5.41) is 0.410. The molecule has 0 bridgehead atoms. The van der Waals surface area contributed by atoms with Crippen LogP contribution in [0.4, 0.5) is 0 Å². The Morgan fingerprint density at radius 3 is 2.86 bits per heavy atom. The lowest BCUT2D eigenvalue weighted by Crippen LogP contribution is -2.38. The van der Waals surface area contributed by atoms with E-state index in [9.17, 15) is 13.2 Å². The van der Waals surface area contributed by atoms with Crippen molar-refractivity contribution >= 4 is 21.6 Å². The minimum Gasteiger partial charge on any atom is -0.313 e. The Morgan fingerprint density at radius 2 is 2.14 bits per heavy atom. The van der Waals surface area contributed by atoms with Crippen LogP contribution in [0.1, 0.15) is 16.8 Å². The van der Waals surface area contributed by atoms with Gasteiger partial charge in [0, 0.05) is 17.1 Å². The quantitative estimate of drug-likeness (QED) is 0.898. The molecule has 1 aliphatic rings. The van der Waals surface area contributed by atoms with Gasteiger partial charge in [0.15, 0.2) is 0 Å². The third-order valence-electron chi connectivity index (χ3n) is 3.76. The fourth-order valence-corrected chi connectivity index (χ4v) is 4.10. The zero-order valence-corrected chi connectivity index (χ0v) is 13.4. The number of aromatic nitrogens is 2. The van der Waals surface area contributed by atoms with Crippen molar-refractivity contribution in [1.82, 2.24) is 14.3 Å². The van der Waals surface area contributed by atoms with E-state index >= 15 is 0 Å². The fourth-order valence-electron chi connectivity index (χ4n) is 2.43. The number of rotatable bonds is 2. The van der Waals surface area contributed by atoms with Crippen LogP contribution in [0.25, 0.3) is 0 Å². The second kappa shape index (κ2) is 5.49. The van der Waals surface area contributed by atoms with Gasteiger partial charge < -0.3 is 4.98 Å². The van der Waals surface area contributed by atoms with E-state index in [2.05, 4.69) is 9.97 Å². The lowest BCUT2D eigenvalue weighted by molar-refractivity contribution is 0.383. The molecule has 0 aliphatic carbocycles. The molecule has 2 aromatic rings. The van der Waals surface area contributed by atoms with E-state index in [1.165, 1.54) is 22.8 Å². The summed E-state index contributed by atoms with van der Waals surface area (Å²) in [5.41, 5.74) is 1.66. The molecular weight excluding hydrogens is 326 g/mol. The number of hydrogen-bond donors (Lipinski definition) is 1. The Labute approximate surface area is 132 Å². The molecule has 116 valence electrons. The van der Waals surface area contributed by atoms with Gasteiger partial charge in [-0.25, -0.2) is 13.4 Å². The molecule has 0 fully saturated rings. The summed E-state index contributed by atoms with van der Waals surface area (Å²) in [6, 6.07) is 4.67. The second-order valence-corrected chi connectivity index (χ2v) is 7.50. The number of benzene rings is 1. The number of fused-ring (bicyclic) bond motifs is 1. The van der Waals surface area contributed by atoms with Gasteiger partial charge >= 0.3 is 0 Å². The molecule has 6 nitrogen and oxygen atoms in total. The topological polar surface area (TPSA) is 83.1 Å². The van der Waals surface area contributed by atoms with E-state index in [1.807, 2.05) is 6.92 Å². The van der Waals surface area contributed by atoms with Gasteiger partial charge in [-0.2, -0.15) is 4.31 Å². The highest BCUT2D eigenvalue weighted by Crippen LogP contribution is 2.25. The molecule has 0 atom stereocenters. The maximum absolute atomic E-state index is 12.7. The average Bonchev–Trinajstić information content (AvgIpc) is 2.50. The van der Waals surface area contributed by atoms with Crippen molar-refractivity contribution in [1.29, 1.82) is 0 Å². The first-order valence-corrected chi connectivity index (χ1v) is 8.53. The predicted octanol–water partition coefficient (Wildman–Crippen LogP) is 1.48. The summed E-state index contributed by atoms with van der Waals surface area (Å²) < 4.78 is 26.7. The zero-order chi connectivity index (χ0) is 15.9. The van der Waals surface area contributed by atoms with Crippen LogP contribution >= 0.6 is 11.6 Å². The van der Waals surface area contributed by atoms with Gasteiger partial charge in [0.2, 0.25) is 10.0 Å². The van der Waals surface area contributed by atoms with E-state index in [4.69, 9.17) is 11.6 Å². The molecule has 1 aliphatic heterocycles. The van der Waals surface area contributed by atoms with Crippen molar-refractivity contribution in [3.63, 3.8) is 0 Å². The largest absolute Gasteiger partial charge is 0.313 e. The highest BCUT2D eigenvalue weighted by molar-refractivity contribution is 7.89. The normalized spacial score (nSPS) is 15.5. The van der Waals surface area contributed by atoms with E-state index < -0.39 is 10.0 Å². The zero-order valence-electron chi connectivity index (χ0n) is 11.8. The number of aryl methyl sites for hydroxylation is 1. The van der Waals surface area contributed by atoms with E-state index in [1.54, 1.807) is 6.07 Å². The minimum atomic E-state index is -3.66. The fraction of sp³-hybridized carbons (Fsp3) is 0.286. The van der Waals surface area contributed by atoms with Gasteiger partial charge in [0.25, 0.3) is 5.56 Å². The molecule has 0 radical (unpaired) electrons. The van der Waals surface area contributed by atoms with Crippen LogP contribution < -0.4 is 5.56 Å². The molecule has 0 unspecified atom stereocenters. The van der Waals surface area contributed by atoms with Crippen LogP contribution in [0.5, 0.6) is 0 Å². The first kappa shape index (κ1) is 15.2. The number of sulfonamides is 1. The highest BCUT2D eigenvalue weighted by Gasteiger charge is 2.30. The molecule has 3 rings (SSSR count). The number of nitrogens with one attached hydrogen (secondary N) is 1. The SMILES string of the molecule is Cc1ccc(S(=O)(=O)N2CCc3c(nc[nH]c3=O)C2)cc1Cl. The van der Waals surface area contributed by atoms with Crippen molar-refractivity contribution in [2.75, 3.05) is 6.54 Å². The lowest BCUT2D eigenvalue weighted by atomic mass is 10.1. The molecule has 0 saturated carbocycles. The number of aromatic amines is 1. The second-order valence-electron chi connectivity index (χ2n) is 5.16. The molecule has 0 amide bonds. The summed E-state index contributed by atoms with van der Waals surface area (Å²) in [6.45, 7) is 2.15. The van der Waals surface area contributed by atoms with Crippen molar-refractivity contribution in [3.05, 3.63) is 56.7 Å². The van der Waals surface area contributed by atoms with Gasteiger partial charge in [-0.15, -0.1) is 0 Å². The Hall–Kier alpha value is -1.70. The third-order valence-corrected chi connectivity index (χ3v) is 6.01. The van der Waals surface area contributed by atoms with E-state index in [-0.39, 0.29) is 23.5 Å². The lowest BCUT2D eigenvalue weighted by Gasteiger charge is -2.26. The summed E-state index contributed by atoms with van der Waals surface area (Å²) in [6.07, 6.45) is 1.64. The van der Waals surface area contributed by atoms with Gasteiger partial charge in [0.05, 0.1) is 23.5 Å². The van der Waals surface area contributed by atoms with Crippen molar-refractivity contribution in [2.45, 2.75) is 24.8 Å². The number of nitrogens with zero attached hydrogens (tertiary/aromatic N) is 2. The van der Waals surface area contributed by atoms with Crippen LogP contribution in [0.15, 0.2) is 34.2 Å². The molecule has 0 saturated heterocycles. The number of H-pyrrole nitrogens is 1. The van der Waals surface area contributed by atoms with Crippen LogP contribution in [-0.2, 0) is 23.0 Å². The van der Waals surface area contributed by atoms with Gasteiger partial charge in [-0.3, -0.25) is 4.79 Å². The third kappa shape index (κ3) is 2.55. The summed E-state index contributed by atoms with van der Waals surface area (Å²) in [4.78, 5) is 18.4. The minimum absolute atomic E-state index is 0.0904. The standard InChI is InChI=1S/C14H14ClN3O3S/c1-9-2-3-10(6-12(9)15)22(20,21)18-5-4-11-13(7-18)16-8-17-14(11)19/h2-3,6,8H,4-5,7H2,1H3,(H,16,17,19). The van der Waals surface area contributed by atoms with Crippen molar-refractivity contribution in [3.8, 4) is 0 Å². The van der Waals surface area contributed by atoms with Crippen LogP contribution in [-0.4, -0.2) is 29.2 Å². The molecule has 8 heteroatoms. The molecular formula is C14H14ClN3O3S. The predicted molar refractivity (Wildman–Crippen MR) is 82.3 cm³/mol. The Morgan fingerprint density at radius 1 is 1.36 bits per heavy atom. The Bertz CT molecular complexity index is 892. The highest BCUT2D eigenvalue weighted by atomic mass is 35.5. The summed E-state index contributed by atoms with van der Waals surface area (Å²) in [7, 11) is -3.66. The van der Waals surface area contributed by atoms with Crippen LogP contribution in [0.3, 0.4) is 0 Å². The summed E-state index contributed by atoms with van der Waals surface area (Å²) in [5.74, 6) is 0. The monoisotopic (exact) mass is 339 g/mol. The molecule has 1 N–H and O–H groups in total. The molecule has 0 spiro atoms. The number of halogens is 1. The smallest absolute Gasteiger partial charge is 0.254 e. The average molecular weight is 340 g/mol. The number of hydrogen-bond acceptors (Lipinski definition) is 4. The van der Waals surface area contributed by atoms with Gasteiger partial charge in [-0.05, 0) is 31.0 Å². The van der Waals surface area contributed by atoms with E-state index in [0.29, 0.717) is 22.7 Å². The summed E-state index contributed by atoms with van der Waals surface area (Å²) >= 11 is 6.02. The van der Waals surface area contributed by atoms with Gasteiger partial charge in [-0.1, -0.05) is 17.7 Å². The molecule has 1 aromatic carbocycles.